The van der Waals surface area contributed by atoms with Crippen LogP contribution in [0.2, 0.25) is 0 Å². The number of hydrogen-bond acceptors (Lipinski definition) is 5. The van der Waals surface area contributed by atoms with Crippen molar-refractivity contribution in [2.75, 3.05) is 13.1 Å². The van der Waals surface area contributed by atoms with Crippen molar-refractivity contribution in [3.8, 4) is 10.7 Å². The van der Waals surface area contributed by atoms with Crippen molar-refractivity contribution in [2.24, 2.45) is 0 Å². The number of rotatable bonds is 4. The second-order valence-corrected chi connectivity index (χ2v) is 5.90. The molecule has 0 aliphatic heterocycles. The molecular formula is C14H18N4S. The fourth-order valence-corrected chi connectivity index (χ4v) is 3.72. The number of likely N-dealkylation sites (N-methyl/N-ethyl adjacent to an activating group) is 1. The summed E-state index contributed by atoms with van der Waals surface area (Å²) in [6.45, 7) is 4.21. The maximum atomic E-state index is 4.84. The van der Waals surface area contributed by atoms with Crippen LogP contribution in [0, 0.1) is 0 Å². The zero-order chi connectivity index (χ0) is 13.1. The minimum Gasteiger partial charge on any atom is -0.316 e. The first kappa shape index (κ1) is 12.7. The predicted octanol–water partition coefficient (Wildman–Crippen LogP) is 2.63. The lowest BCUT2D eigenvalue weighted by molar-refractivity contribution is 0.509. The highest BCUT2D eigenvalue weighted by atomic mass is 32.1. The monoisotopic (exact) mass is 274 g/mol. The molecule has 0 spiro atoms. The van der Waals surface area contributed by atoms with E-state index in [1.54, 1.807) is 23.9 Å². The van der Waals surface area contributed by atoms with Gasteiger partial charge in [0.25, 0.3) is 0 Å². The van der Waals surface area contributed by atoms with Gasteiger partial charge in [-0.3, -0.25) is 0 Å². The Hall–Kier alpha value is -1.33. The predicted molar refractivity (Wildman–Crippen MR) is 77.4 cm³/mol. The number of thiazole rings is 1. The highest BCUT2D eigenvalue weighted by Crippen LogP contribution is 2.37. The standard InChI is InChI=1S/C14H18N4S/c1-2-15-8-10-4-3-5-12-13(10)18-14(19-12)11-6-7-16-9-17-11/h6-7,9-10,15H,2-5,8H2,1H3. The number of fused-ring (bicyclic) bond motifs is 1. The Morgan fingerprint density at radius 3 is 3.21 bits per heavy atom. The number of hydrogen-bond donors (Lipinski definition) is 1. The van der Waals surface area contributed by atoms with E-state index < -0.39 is 0 Å². The van der Waals surface area contributed by atoms with Crippen molar-refractivity contribution in [3.05, 3.63) is 29.2 Å². The van der Waals surface area contributed by atoms with Crippen LogP contribution in [0.4, 0.5) is 0 Å². The lowest BCUT2D eigenvalue weighted by Crippen LogP contribution is -2.23. The normalized spacial score (nSPS) is 18.3. The van der Waals surface area contributed by atoms with Gasteiger partial charge in [0.1, 0.15) is 17.0 Å². The van der Waals surface area contributed by atoms with Crippen molar-refractivity contribution >= 4 is 11.3 Å². The lowest BCUT2D eigenvalue weighted by Gasteiger charge is -2.21. The third kappa shape index (κ3) is 2.67. The molecule has 3 rings (SSSR count). The van der Waals surface area contributed by atoms with Gasteiger partial charge >= 0.3 is 0 Å². The van der Waals surface area contributed by atoms with E-state index in [0.717, 1.165) is 23.8 Å². The molecule has 0 saturated carbocycles. The highest BCUT2D eigenvalue weighted by molar-refractivity contribution is 7.15. The molecular weight excluding hydrogens is 256 g/mol. The maximum Gasteiger partial charge on any atom is 0.142 e. The molecule has 1 aliphatic rings. The quantitative estimate of drug-likeness (QED) is 0.931. The molecule has 0 bridgehead atoms. The number of aromatic nitrogens is 3. The molecule has 0 amide bonds. The van der Waals surface area contributed by atoms with Crippen LogP contribution in [0.3, 0.4) is 0 Å². The zero-order valence-electron chi connectivity index (χ0n) is 11.1. The summed E-state index contributed by atoms with van der Waals surface area (Å²) < 4.78 is 0. The van der Waals surface area contributed by atoms with Crippen LogP contribution in [0.1, 0.15) is 36.3 Å². The summed E-state index contributed by atoms with van der Waals surface area (Å²) in [4.78, 5) is 14.6. The van der Waals surface area contributed by atoms with E-state index in [0.29, 0.717) is 5.92 Å². The Labute approximate surface area is 117 Å². The van der Waals surface area contributed by atoms with E-state index in [4.69, 9.17) is 4.98 Å². The Bertz CT molecular complexity index is 538. The second kappa shape index (κ2) is 5.75. The van der Waals surface area contributed by atoms with Crippen molar-refractivity contribution in [1.29, 1.82) is 0 Å². The van der Waals surface area contributed by atoms with Crippen LogP contribution in [0.15, 0.2) is 18.6 Å². The SMILES string of the molecule is CCNCC1CCCc2sc(-c3ccncn3)nc21. The molecule has 1 unspecified atom stereocenters. The highest BCUT2D eigenvalue weighted by Gasteiger charge is 2.24. The first-order valence-electron chi connectivity index (χ1n) is 6.85. The van der Waals surface area contributed by atoms with Crippen LogP contribution < -0.4 is 5.32 Å². The summed E-state index contributed by atoms with van der Waals surface area (Å²) in [5, 5.41) is 4.48. The molecule has 1 N–H and O–H groups in total. The second-order valence-electron chi connectivity index (χ2n) is 4.82. The number of nitrogens with one attached hydrogen (secondary N) is 1. The van der Waals surface area contributed by atoms with Gasteiger partial charge in [0.2, 0.25) is 0 Å². The third-order valence-electron chi connectivity index (χ3n) is 3.51. The van der Waals surface area contributed by atoms with E-state index >= 15 is 0 Å². The summed E-state index contributed by atoms with van der Waals surface area (Å²) in [5.41, 5.74) is 2.24. The number of nitrogens with zero attached hydrogens (tertiary/aromatic N) is 3. The van der Waals surface area contributed by atoms with Crippen molar-refractivity contribution in [2.45, 2.75) is 32.1 Å². The van der Waals surface area contributed by atoms with E-state index in [1.807, 2.05) is 6.07 Å². The molecule has 1 atom stereocenters. The molecule has 0 radical (unpaired) electrons. The van der Waals surface area contributed by atoms with Crippen LogP contribution in [-0.4, -0.2) is 28.0 Å². The average molecular weight is 274 g/mol. The van der Waals surface area contributed by atoms with E-state index in [9.17, 15) is 0 Å². The van der Waals surface area contributed by atoms with Crippen LogP contribution >= 0.6 is 11.3 Å². The fraction of sp³-hybridized carbons (Fsp3) is 0.500. The Balaban J connectivity index is 1.89. The van der Waals surface area contributed by atoms with Gasteiger partial charge < -0.3 is 5.32 Å². The van der Waals surface area contributed by atoms with Gasteiger partial charge in [-0.05, 0) is 31.9 Å². The van der Waals surface area contributed by atoms with Gasteiger partial charge in [0, 0.05) is 23.5 Å². The summed E-state index contributed by atoms with van der Waals surface area (Å²) in [7, 11) is 0. The molecule has 2 aromatic rings. The van der Waals surface area contributed by atoms with Gasteiger partial charge in [0.05, 0.1) is 5.69 Å². The van der Waals surface area contributed by atoms with Crippen molar-refractivity contribution in [1.82, 2.24) is 20.3 Å². The summed E-state index contributed by atoms with van der Waals surface area (Å²) in [5.74, 6) is 0.565. The van der Waals surface area contributed by atoms with Gasteiger partial charge in [-0.25, -0.2) is 15.0 Å². The summed E-state index contributed by atoms with van der Waals surface area (Å²) >= 11 is 1.80. The Kier molecular flexibility index (Phi) is 3.84. The minimum absolute atomic E-state index is 0.565. The van der Waals surface area contributed by atoms with Gasteiger partial charge in [-0.1, -0.05) is 6.92 Å². The first-order valence-corrected chi connectivity index (χ1v) is 7.67. The minimum atomic E-state index is 0.565. The van der Waals surface area contributed by atoms with Gasteiger partial charge in [-0.2, -0.15) is 0 Å². The first-order chi connectivity index (χ1) is 9.38. The van der Waals surface area contributed by atoms with Crippen LogP contribution in [-0.2, 0) is 6.42 Å². The molecule has 2 aromatic heterocycles. The fourth-order valence-electron chi connectivity index (χ4n) is 2.55. The number of aryl methyl sites for hydroxylation is 1. The Morgan fingerprint density at radius 2 is 2.42 bits per heavy atom. The lowest BCUT2D eigenvalue weighted by atomic mass is 9.91. The molecule has 5 heteroatoms. The van der Waals surface area contributed by atoms with Crippen LogP contribution in [0.25, 0.3) is 10.7 Å². The molecule has 0 aromatic carbocycles. The van der Waals surface area contributed by atoms with Crippen molar-refractivity contribution < 1.29 is 0 Å². The molecule has 4 nitrogen and oxygen atoms in total. The molecule has 100 valence electrons. The summed E-state index contributed by atoms with van der Waals surface area (Å²) in [6.07, 6.45) is 7.05. The molecule has 2 heterocycles. The van der Waals surface area contributed by atoms with E-state index in [-0.39, 0.29) is 0 Å². The molecule has 1 aliphatic carbocycles. The Morgan fingerprint density at radius 1 is 1.47 bits per heavy atom. The smallest absolute Gasteiger partial charge is 0.142 e. The van der Waals surface area contributed by atoms with Crippen LogP contribution in [0.5, 0.6) is 0 Å². The molecule has 19 heavy (non-hydrogen) atoms. The average Bonchev–Trinajstić information content (AvgIpc) is 2.90. The summed E-state index contributed by atoms with van der Waals surface area (Å²) in [6, 6.07) is 1.93. The van der Waals surface area contributed by atoms with E-state index in [2.05, 4.69) is 22.2 Å². The largest absolute Gasteiger partial charge is 0.316 e. The zero-order valence-corrected chi connectivity index (χ0v) is 11.9. The molecule has 0 saturated heterocycles. The van der Waals surface area contributed by atoms with Gasteiger partial charge in [-0.15, -0.1) is 11.3 Å². The van der Waals surface area contributed by atoms with Gasteiger partial charge in [0.15, 0.2) is 0 Å². The molecule has 0 fully saturated rings. The van der Waals surface area contributed by atoms with E-state index in [1.165, 1.54) is 29.8 Å². The maximum absolute atomic E-state index is 4.84. The topological polar surface area (TPSA) is 50.7 Å². The third-order valence-corrected chi connectivity index (χ3v) is 4.67. The van der Waals surface area contributed by atoms with Crippen molar-refractivity contribution in [3.63, 3.8) is 0 Å².